The van der Waals surface area contributed by atoms with Gasteiger partial charge in [-0.1, -0.05) is 13.8 Å². The van der Waals surface area contributed by atoms with Gasteiger partial charge in [0.05, 0.1) is 5.69 Å². The number of nitrogens with zero attached hydrogens (tertiary/aromatic N) is 2. The van der Waals surface area contributed by atoms with Crippen LogP contribution in [0.5, 0.6) is 0 Å². The zero-order chi connectivity index (χ0) is 11.8. The van der Waals surface area contributed by atoms with Crippen molar-refractivity contribution in [2.45, 2.75) is 38.6 Å². The molecule has 1 fully saturated rings. The SMILES string of the molecule is CC(C)c1cn2ccc(C3CCCN3)cc2n1. The van der Waals surface area contributed by atoms with Gasteiger partial charge in [0.25, 0.3) is 0 Å². The molecule has 1 unspecified atom stereocenters. The summed E-state index contributed by atoms with van der Waals surface area (Å²) in [5.74, 6) is 0.489. The summed E-state index contributed by atoms with van der Waals surface area (Å²) in [6, 6.07) is 4.95. The maximum atomic E-state index is 4.68. The number of hydrogen-bond donors (Lipinski definition) is 1. The van der Waals surface area contributed by atoms with Crippen LogP contribution in [0.15, 0.2) is 24.5 Å². The van der Waals surface area contributed by atoms with Gasteiger partial charge < -0.3 is 9.72 Å². The van der Waals surface area contributed by atoms with Gasteiger partial charge in [0.2, 0.25) is 0 Å². The third-order valence-corrected chi connectivity index (χ3v) is 3.56. The van der Waals surface area contributed by atoms with Crippen LogP contribution in [0.1, 0.15) is 49.9 Å². The van der Waals surface area contributed by atoms with Gasteiger partial charge in [-0.3, -0.25) is 0 Å². The van der Waals surface area contributed by atoms with Gasteiger partial charge >= 0.3 is 0 Å². The molecule has 3 nitrogen and oxygen atoms in total. The number of fused-ring (bicyclic) bond motifs is 1. The molecule has 3 rings (SSSR count). The number of nitrogens with one attached hydrogen (secondary N) is 1. The average molecular weight is 229 g/mol. The monoisotopic (exact) mass is 229 g/mol. The minimum absolute atomic E-state index is 0.489. The van der Waals surface area contributed by atoms with Crippen molar-refractivity contribution in [1.82, 2.24) is 14.7 Å². The Balaban J connectivity index is 2.00. The molecule has 1 saturated heterocycles. The number of rotatable bonds is 2. The fourth-order valence-electron chi connectivity index (χ4n) is 2.48. The smallest absolute Gasteiger partial charge is 0.137 e. The lowest BCUT2D eigenvalue weighted by Crippen LogP contribution is -2.12. The molecule has 90 valence electrons. The maximum Gasteiger partial charge on any atom is 0.137 e. The highest BCUT2D eigenvalue weighted by Gasteiger charge is 2.16. The van der Waals surface area contributed by atoms with E-state index in [1.165, 1.54) is 24.1 Å². The molecule has 2 aromatic heterocycles. The van der Waals surface area contributed by atoms with Crippen molar-refractivity contribution < 1.29 is 0 Å². The molecule has 0 amide bonds. The fraction of sp³-hybridized carbons (Fsp3) is 0.500. The normalized spacial score (nSPS) is 20.5. The third-order valence-electron chi connectivity index (χ3n) is 3.56. The highest BCUT2D eigenvalue weighted by atomic mass is 15.0. The van der Waals surface area contributed by atoms with E-state index in [1.807, 2.05) is 0 Å². The Morgan fingerprint density at radius 1 is 1.47 bits per heavy atom. The van der Waals surface area contributed by atoms with E-state index < -0.39 is 0 Å². The zero-order valence-corrected chi connectivity index (χ0v) is 10.5. The van der Waals surface area contributed by atoms with Crippen LogP contribution >= 0.6 is 0 Å². The number of hydrogen-bond acceptors (Lipinski definition) is 2. The van der Waals surface area contributed by atoms with Gasteiger partial charge in [0, 0.05) is 18.4 Å². The molecule has 0 saturated carbocycles. The topological polar surface area (TPSA) is 29.3 Å². The predicted molar refractivity (Wildman–Crippen MR) is 69.3 cm³/mol. The predicted octanol–water partition coefficient (Wildman–Crippen LogP) is 2.88. The summed E-state index contributed by atoms with van der Waals surface area (Å²) in [7, 11) is 0. The second-order valence-corrected chi connectivity index (χ2v) is 5.19. The van der Waals surface area contributed by atoms with Gasteiger partial charge in [-0.15, -0.1) is 0 Å². The summed E-state index contributed by atoms with van der Waals surface area (Å²) >= 11 is 0. The number of aromatic nitrogens is 2. The Bertz CT molecular complexity index is 521. The minimum Gasteiger partial charge on any atom is -0.310 e. The molecule has 1 aliphatic heterocycles. The third kappa shape index (κ3) is 1.95. The minimum atomic E-state index is 0.489. The number of imidazole rings is 1. The standard InChI is InChI=1S/C14H19N3/c1-10(2)13-9-17-7-5-11(8-14(17)16-13)12-4-3-6-15-12/h5,7-10,12,15H,3-4,6H2,1-2H3. The second-order valence-electron chi connectivity index (χ2n) is 5.19. The first-order valence-electron chi connectivity index (χ1n) is 6.46. The van der Waals surface area contributed by atoms with E-state index in [0.29, 0.717) is 12.0 Å². The molecule has 1 atom stereocenters. The molecule has 0 bridgehead atoms. The van der Waals surface area contributed by atoms with Crippen LogP contribution in [0.25, 0.3) is 5.65 Å². The summed E-state index contributed by atoms with van der Waals surface area (Å²) in [6.07, 6.45) is 6.78. The van der Waals surface area contributed by atoms with Crippen LogP contribution in [0.3, 0.4) is 0 Å². The Morgan fingerprint density at radius 2 is 2.35 bits per heavy atom. The van der Waals surface area contributed by atoms with E-state index in [9.17, 15) is 0 Å². The van der Waals surface area contributed by atoms with E-state index >= 15 is 0 Å². The second kappa shape index (κ2) is 4.15. The highest BCUT2D eigenvalue weighted by molar-refractivity contribution is 5.44. The summed E-state index contributed by atoms with van der Waals surface area (Å²) < 4.78 is 2.12. The van der Waals surface area contributed by atoms with Crippen molar-refractivity contribution in [2.24, 2.45) is 0 Å². The molecule has 3 heteroatoms. The zero-order valence-electron chi connectivity index (χ0n) is 10.5. The molecule has 0 radical (unpaired) electrons. The maximum absolute atomic E-state index is 4.68. The Hall–Kier alpha value is -1.35. The van der Waals surface area contributed by atoms with Gasteiger partial charge in [0.1, 0.15) is 5.65 Å². The summed E-state index contributed by atoms with van der Waals surface area (Å²) in [6.45, 7) is 5.50. The van der Waals surface area contributed by atoms with E-state index in [1.54, 1.807) is 0 Å². The van der Waals surface area contributed by atoms with E-state index in [4.69, 9.17) is 0 Å². The molecular formula is C14H19N3. The van der Waals surface area contributed by atoms with E-state index in [2.05, 4.69) is 53.1 Å². The molecule has 0 aliphatic carbocycles. The fourth-order valence-corrected chi connectivity index (χ4v) is 2.48. The lowest BCUT2D eigenvalue weighted by atomic mass is 10.1. The van der Waals surface area contributed by atoms with Crippen molar-refractivity contribution >= 4 is 5.65 Å². The first kappa shape index (κ1) is 10.8. The van der Waals surface area contributed by atoms with Crippen molar-refractivity contribution in [3.05, 3.63) is 35.8 Å². The van der Waals surface area contributed by atoms with Crippen molar-refractivity contribution in [2.75, 3.05) is 6.54 Å². The molecule has 2 aromatic rings. The van der Waals surface area contributed by atoms with Crippen LogP contribution in [0.2, 0.25) is 0 Å². The largest absolute Gasteiger partial charge is 0.310 e. The summed E-state index contributed by atoms with van der Waals surface area (Å²) in [5.41, 5.74) is 3.61. The van der Waals surface area contributed by atoms with Crippen molar-refractivity contribution in [3.8, 4) is 0 Å². The van der Waals surface area contributed by atoms with Crippen molar-refractivity contribution in [3.63, 3.8) is 0 Å². The van der Waals surface area contributed by atoms with Gasteiger partial charge in [-0.25, -0.2) is 4.98 Å². The van der Waals surface area contributed by atoms with E-state index in [-0.39, 0.29) is 0 Å². The number of pyridine rings is 1. The van der Waals surface area contributed by atoms with Gasteiger partial charge in [-0.05, 0) is 43.0 Å². The molecular weight excluding hydrogens is 210 g/mol. The van der Waals surface area contributed by atoms with Crippen LogP contribution in [0, 0.1) is 0 Å². The first-order valence-corrected chi connectivity index (χ1v) is 6.46. The lowest BCUT2D eigenvalue weighted by Gasteiger charge is -2.10. The van der Waals surface area contributed by atoms with Crippen molar-refractivity contribution in [1.29, 1.82) is 0 Å². The molecule has 1 N–H and O–H groups in total. The molecule has 3 heterocycles. The highest BCUT2D eigenvalue weighted by Crippen LogP contribution is 2.24. The Kier molecular flexibility index (Phi) is 2.63. The summed E-state index contributed by atoms with van der Waals surface area (Å²) in [4.78, 5) is 4.68. The molecule has 0 spiro atoms. The molecule has 1 aliphatic rings. The quantitative estimate of drug-likeness (QED) is 0.858. The van der Waals surface area contributed by atoms with Crippen LogP contribution in [0.4, 0.5) is 0 Å². The summed E-state index contributed by atoms with van der Waals surface area (Å²) in [5, 5.41) is 3.53. The first-order chi connectivity index (χ1) is 8.24. The van der Waals surface area contributed by atoms with Gasteiger partial charge in [-0.2, -0.15) is 0 Å². The Labute approximate surface area is 102 Å². The lowest BCUT2D eigenvalue weighted by molar-refractivity contribution is 0.647. The molecule has 17 heavy (non-hydrogen) atoms. The van der Waals surface area contributed by atoms with Gasteiger partial charge in [0.15, 0.2) is 0 Å². The average Bonchev–Trinajstić information content (AvgIpc) is 2.97. The molecule has 0 aromatic carbocycles. The van der Waals surface area contributed by atoms with E-state index in [0.717, 1.165) is 12.2 Å². The van der Waals surface area contributed by atoms with Crippen LogP contribution in [-0.2, 0) is 0 Å². The van der Waals surface area contributed by atoms with Crippen LogP contribution in [-0.4, -0.2) is 15.9 Å². The Morgan fingerprint density at radius 3 is 3.06 bits per heavy atom. The van der Waals surface area contributed by atoms with Crippen LogP contribution < -0.4 is 5.32 Å².